The number of benzene rings is 2. The van der Waals surface area contributed by atoms with E-state index in [0.717, 1.165) is 6.07 Å². The van der Waals surface area contributed by atoms with Crippen molar-refractivity contribution in [3.05, 3.63) is 69.5 Å². The molecule has 2 aromatic carbocycles. The number of ether oxygens (including phenoxy) is 1. The van der Waals surface area contributed by atoms with E-state index in [1.54, 1.807) is 24.3 Å². The summed E-state index contributed by atoms with van der Waals surface area (Å²) in [6.07, 6.45) is -0.0171. The summed E-state index contributed by atoms with van der Waals surface area (Å²) < 4.78 is 17.8. The van der Waals surface area contributed by atoms with E-state index in [4.69, 9.17) is 27.9 Å². The molecular weight excluding hydrogens is 356 g/mol. The second-order valence-corrected chi connectivity index (χ2v) is 5.76. The van der Waals surface area contributed by atoms with Crippen molar-refractivity contribution >= 4 is 35.1 Å². The first-order valence-electron chi connectivity index (χ1n) is 7.05. The fourth-order valence-corrected chi connectivity index (χ4v) is 2.34. The fourth-order valence-electron chi connectivity index (χ4n) is 1.90. The van der Waals surface area contributed by atoms with E-state index in [1.165, 1.54) is 12.1 Å². The number of rotatable bonds is 6. The molecule has 0 radical (unpaired) electrons. The van der Waals surface area contributed by atoms with Crippen LogP contribution >= 0.6 is 23.2 Å². The number of nitrogens with one attached hydrogen (secondary N) is 1. The van der Waals surface area contributed by atoms with Crippen molar-refractivity contribution in [1.82, 2.24) is 5.32 Å². The summed E-state index contributed by atoms with van der Waals surface area (Å²) in [7, 11) is 0. The van der Waals surface area contributed by atoms with E-state index in [1.807, 2.05) is 0 Å². The summed E-state index contributed by atoms with van der Waals surface area (Å²) in [6.45, 7) is -0.303. The van der Waals surface area contributed by atoms with E-state index in [2.05, 4.69) is 5.32 Å². The molecule has 0 spiro atoms. The number of halogens is 3. The van der Waals surface area contributed by atoms with Crippen LogP contribution < -0.4 is 5.32 Å². The third kappa shape index (κ3) is 5.51. The molecule has 0 saturated heterocycles. The van der Waals surface area contributed by atoms with Gasteiger partial charge in [0.25, 0.3) is 5.91 Å². The molecule has 0 aliphatic rings. The fraction of sp³-hybridized carbons (Fsp3) is 0.176. The van der Waals surface area contributed by atoms with Gasteiger partial charge in [-0.1, -0.05) is 47.5 Å². The van der Waals surface area contributed by atoms with Gasteiger partial charge in [-0.25, -0.2) is 4.39 Å². The zero-order chi connectivity index (χ0) is 17.5. The van der Waals surface area contributed by atoms with Crippen LogP contribution in [0, 0.1) is 5.82 Å². The van der Waals surface area contributed by atoms with Crippen LogP contribution in [0.4, 0.5) is 4.39 Å². The zero-order valence-electron chi connectivity index (χ0n) is 12.5. The van der Waals surface area contributed by atoms with Crippen LogP contribution in [-0.2, 0) is 27.3 Å². The number of hydrogen-bond acceptors (Lipinski definition) is 3. The average Bonchev–Trinajstić information content (AvgIpc) is 2.54. The predicted octanol–water partition coefficient (Wildman–Crippen LogP) is 3.53. The van der Waals surface area contributed by atoms with Gasteiger partial charge in [0.05, 0.1) is 6.42 Å². The summed E-state index contributed by atoms with van der Waals surface area (Å²) in [5.74, 6) is -1.50. The molecule has 0 heterocycles. The van der Waals surface area contributed by atoms with Crippen molar-refractivity contribution < 1.29 is 18.7 Å². The largest absolute Gasteiger partial charge is 0.455 e. The topological polar surface area (TPSA) is 55.4 Å². The predicted molar refractivity (Wildman–Crippen MR) is 89.4 cm³/mol. The molecule has 24 heavy (non-hydrogen) atoms. The van der Waals surface area contributed by atoms with Gasteiger partial charge in [0.1, 0.15) is 5.82 Å². The highest BCUT2D eigenvalue weighted by molar-refractivity contribution is 6.31. The van der Waals surface area contributed by atoms with Gasteiger partial charge in [-0.3, -0.25) is 9.59 Å². The van der Waals surface area contributed by atoms with Crippen LogP contribution in [0.25, 0.3) is 0 Å². The van der Waals surface area contributed by atoms with Gasteiger partial charge in [-0.15, -0.1) is 0 Å². The minimum absolute atomic E-state index is 0.0171. The van der Waals surface area contributed by atoms with Crippen LogP contribution in [0.3, 0.4) is 0 Å². The lowest BCUT2D eigenvalue weighted by Gasteiger charge is -2.08. The first-order valence-corrected chi connectivity index (χ1v) is 7.81. The molecule has 0 fully saturated rings. The number of carbonyl (C=O) groups excluding carboxylic acids is 2. The highest BCUT2D eigenvalue weighted by Gasteiger charge is 2.11. The maximum absolute atomic E-state index is 12.9. The Bertz CT molecular complexity index is 752. The smallest absolute Gasteiger partial charge is 0.310 e. The average molecular weight is 370 g/mol. The lowest BCUT2D eigenvalue weighted by Crippen LogP contribution is -2.28. The van der Waals surface area contributed by atoms with E-state index < -0.39 is 24.3 Å². The summed E-state index contributed by atoms with van der Waals surface area (Å²) in [5, 5.41) is 3.22. The van der Waals surface area contributed by atoms with Gasteiger partial charge in [0, 0.05) is 16.6 Å². The first-order chi connectivity index (χ1) is 11.5. The lowest BCUT2D eigenvalue weighted by molar-refractivity contribution is -0.147. The number of hydrogen-bond donors (Lipinski definition) is 1. The number of esters is 1. The SMILES string of the molecule is O=C(COC(=O)Cc1ccccc1Cl)NCc1ccc(F)cc1Cl. The van der Waals surface area contributed by atoms with Crippen LogP contribution in [0.1, 0.15) is 11.1 Å². The number of amides is 1. The molecule has 2 aromatic rings. The Hall–Kier alpha value is -2.11. The molecule has 0 atom stereocenters. The molecule has 0 bridgehead atoms. The normalized spacial score (nSPS) is 10.3. The monoisotopic (exact) mass is 369 g/mol. The van der Waals surface area contributed by atoms with E-state index in [0.29, 0.717) is 16.1 Å². The molecule has 4 nitrogen and oxygen atoms in total. The molecule has 0 aliphatic carbocycles. The second-order valence-electron chi connectivity index (χ2n) is 4.94. The Kier molecular flexibility index (Phi) is 6.58. The van der Waals surface area contributed by atoms with Gasteiger partial charge < -0.3 is 10.1 Å². The van der Waals surface area contributed by atoms with Crippen molar-refractivity contribution in [3.8, 4) is 0 Å². The molecule has 0 saturated carbocycles. The van der Waals surface area contributed by atoms with Gasteiger partial charge in [0.2, 0.25) is 0 Å². The Balaban J connectivity index is 1.76. The summed E-state index contributed by atoms with van der Waals surface area (Å²) in [4.78, 5) is 23.4. The molecule has 0 aliphatic heterocycles. The number of carbonyl (C=O) groups is 2. The van der Waals surface area contributed by atoms with Crippen molar-refractivity contribution in [1.29, 1.82) is 0 Å². The van der Waals surface area contributed by atoms with Crippen LogP contribution in [0.15, 0.2) is 42.5 Å². The van der Waals surface area contributed by atoms with Gasteiger partial charge in [0.15, 0.2) is 6.61 Å². The summed E-state index contributed by atoms with van der Waals surface area (Å²) >= 11 is 11.8. The molecule has 1 N–H and O–H groups in total. The molecule has 0 unspecified atom stereocenters. The minimum Gasteiger partial charge on any atom is -0.455 e. The van der Waals surface area contributed by atoms with E-state index >= 15 is 0 Å². The second kappa shape index (κ2) is 8.66. The molecule has 2 rings (SSSR count). The Labute approximate surface area is 148 Å². The third-order valence-corrected chi connectivity index (χ3v) is 3.87. The molecular formula is C17H14Cl2FNO3. The highest BCUT2D eigenvalue weighted by Crippen LogP contribution is 2.17. The Morgan fingerprint density at radius 1 is 1.04 bits per heavy atom. The quantitative estimate of drug-likeness (QED) is 0.792. The van der Waals surface area contributed by atoms with Gasteiger partial charge >= 0.3 is 5.97 Å². The molecule has 7 heteroatoms. The van der Waals surface area contributed by atoms with Gasteiger partial charge in [-0.05, 0) is 29.3 Å². The van der Waals surface area contributed by atoms with Crippen LogP contribution in [-0.4, -0.2) is 18.5 Å². The maximum atomic E-state index is 12.9. The maximum Gasteiger partial charge on any atom is 0.310 e. The minimum atomic E-state index is -0.557. The molecule has 126 valence electrons. The van der Waals surface area contributed by atoms with E-state index in [9.17, 15) is 14.0 Å². The van der Waals surface area contributed by atoms with Crippen molar-refractivity contribution in [3.63, 3.8) is 0 Å². The van der Waals surface area contributed by atoms with Crippen LogP contribution in [0.2, 0.25) is 10.0 Å². The Morgan fingerprint density at radius 2 is 1.79 bits per heavy atom. The first kappa shape index (κ1) is 18.2. The summed E-state index contributed by atoms with van der Waals surface area (Å²) in [6, 6.07) is 10.8. The molecule has 0 aromatic heterocycles. The van der Waals surface area contributed by atoms with Crippen molar-refractivity contribution in [2.75, 3.05) is 6.61 Å². The zero-order valence-corrected chi connectivity index (χ0v) is 14.0. The molecule has 1 amide bonds. The standard InChI is InChI=1S/C17H14Cl2FNO3/c18-14-4-2-1-3-11(14)7-17(23)24-10-16(22)21-9-12-5-6-13(20)8-15(12)19/h1-6,8H,7,9-10H2,(H,21,22). The third-order valence-electron chi connectivity index (χ3n) is 3.15. The lowest BCUT2D eigenvalue weighted by atomic mass is 10.1. The van der Waals surface area contributed by atoms with E-state index in [-0.39, 0.29) is 18.0 Å². The highest BCUT2D eigenvalue weighted by atomic mass is 35.5. The van der Waals surface area contributed by atoms with Gasteiger partial charge in [-0.2, -0.15) is 0 Å². The van der Waals surface area contributed by atoms with Crippen molar-refractivity contribution in [2.45, 2.75) is 13.0 Å². The summed E-state index contributed by atoms with van der Waals surface area (Å²) in [5.41, 5.74) is 1.19. The van der Waals surface area contributed by atoms with Crippen molar-refractivity contribution in [2.24, 2.45) is 0 Å². The Morgan fingerprint density at radius 3 is 2.50 bits per heavy atom. The van der Waals surface area contributed by atoms with Crippen LogP contribution in [0.5, 0.6) is 0 Å².